The van der Waals surface area contributed by atoms with Gasteiger partial charge < -0.3 is 9.47 Å². The molecular formula is C34H36O9S2. The first-order valence-electron chi connectivity index (χ1n) is 14.0. The van der Waals surface area contributed by atoms with Crippen LogP contribution in [0.4, 0.5) is 0 Å². The number of hydrogen-bond donors (Lipinski definition) is 2. The maximum atomic E-state index is 13.3. The lowest BCUT2D eigenvalue weighted by Gasteiger charge is -2.29. The summed E-state index contributed by atoms with van der Waals surface area (Å²) in [6.07, 6.45) is 0. The fourth-order valence-corrected chi connectivity index (χ4v) is 6.48. The van der Waals surface area contributed by atoms with Crippen molar-refractivity contribution in [1.29, 1.82) is 0 Å². The van der Waals surface area contributed by atoms with E-state index in [0.717, 1.165) is 50.8 Å². The molecule has 0 saturated heterocycles. The molecule has 0 saturated carbocycles. The number of hydrogen-bond acceptors (Lipinski definition) is 9. The van der Waals surface area contributed by atoms with E-state index in [1.807, 2.05) is 39.8 Å². The molecule has 0 heterocycles. The molecule has 0 aliphatic rings. The predicted octanol–water partition coefficient (Wildman–Crippen LogP) is 8.26. The van der Waals surface area contributed by atoms with Crippen LogP contribution in [0.1, 0.15) is 68.7 Å². The summed E-state index contributed by atoms with van der Waals surface area (Å²) in [6.45, 7) is 13.8. The molecule has 238 valence electrons. The molecule has 0 aromatic heterocycles. The maximum absolute atomic E-state index is 13.3. The lowest BCUT2D eigenvalue weighted by Crippen LogP contribution is -2.20. The molecule has 0 bridgehead atoms. The summed E-state index contributed by atoms with van der Waals surface area (Å²) in [6, 6.07) is 16.9. The highest BCUT2D eigenvalue weighted by molar-refractivity contribution is 7.94. The highest BCUT2D eigenvalue weighted by Crippen LogP contribution is 2.40. The van der Waals surface area contributed by atoms with Crippen LogP contribution in [0, 0.1) is 34.6 Å². The number of ether oxygens (including phenoxy) is 2. The lowest BCUT2D eigenvalue weighted by molar-refractivity contribution is -0.432. The van der Waals surface area contributed by atoms with Crippen LogP contribution in [-0.2, 0) is 24.9 Å². The van der Waals surface area contributed by atoms with Crippen LogP contribution in [0.25, 0.3) is 0 Å². The number of aryl methyl sites for hydroxylation is 5. The normalized spacial score (nSPS) is 11.9. The van der Waals surface area contributed by atoms with Crippen molar-refractivity contribution in [3.8, 4) is 17.2 Å². The standard InChI is InChI=1S/C34H36O9S2/c1-19-9-10-24(17-29(19)44-43-42-36)31(35)25-11-12-28(30(18-25)45(37,38)39)41-33-22(4)15-27(16-23(33)5)34(6,7)26-13-20(2)32(40-8)21(3)14-26/h9-18,36H,1-8H3,(H,37,38,39). The summed E-state index contributed by atoms with van der Waals surface area (Å²) >= 11 is 0.706. The van der Waals surface area contributed by atoms with Crippen LogP contribution in [0.3, 0.4) is 0 Å². The van der Waals surface area contributed by atoms with E-state index in [1.165, 1.54) is 18.2 Å². The van der Waals surface area contributed by atoms with Gasteiger partial charge in [0.2, 0.25) is 0 Å². The van der Waals surface area contributed by atoms with Crippen molar-refractivity contribution in [2.75, 3.05) is 7.11 Å². The zero-order valence-electron chi connectivity index (χ0n) is 26.3. The molecule has 0 radical (unpaired) electrons. The van der Waals surface area contributed by atoms with Crippen molar-refractivity contribution in [2.45, 2.75) is 63.7 Å². The lowest BCUT2D eigenvalue weighted by atomic mass is 9.76. The minimum absolute atomic E-state index is 0.0183. The molecule has 4 aromatic carbocycles. The second-order valence-electron chi connectivity index (χ2n) is 11.5. The Balaban J connectivity index is 1.70. The quantitative estimate of drug-likeness (QED) is 0.0537. The van der Waals surface area contributed by atoms with Gasteiger partial charge in [-0.2, -0.15) is 8.42 Å². The van der Waals surface area contributed by atoms with Gasteiger partial charge in [-0.3, -0.25) is 9.35 Å². The van der Waals surface area contributed by atoms with Crippen LogP contribution in [0.5, 0.6) is 17.2 Å². The van der Waals surface area contributed by atoms with Crippen LogP contribution in [-0.4, -0.2) is 31.1 Å². The van der Waals surface area contributed by atoms with E-state index in [1.54, 1.807) is 26.2 Å². The van der Waals surface area contributed by atoms with E-state index >= 15 is 0 Å². The summed E-state index contributed by atoms with van der Waals surface area (Å²) in [5.74, 6) is 0.675. The number of benzene rings is 4. The highest BCUT2D eigenvalue weighted by Gasteiger charge is 2.27. The molecule has 0 fully saturated rings. The molecule has 45 heavy (non-hydrogen) atoms. The Morgan fingerprint density at radius 3 is 1.78 bits per heavy atom. The zero-order chi connectivity index (χ0) is 33.3. The first kappa shape index (κ1) is 34.2. The second-order valence-corrected chi connectivity index (χ2v) is 13.6. The summed E-state index contributed by atoms with van der Waals surface area (Å²) in [7, 11) is -3.12. The Kier molecular flexibility index (Phi) is 10.1. The van der Waals surface area contributed by atoms with Gasteiger partial charge in [-0.05, 0) is 97.8 Å². The van der Waals surface area contributed by atoms with Crippen molar-refractivity contribution < 1.29 is 41.9 Å². The van der Waals surface area contributed by atoms with Crippen molar-refractivity contribution in [3.05, 3.63) is 111 Å². The van der Waals surface area contributed by atoms with E-state index in [2.05, 4.69) is 35.4 Å². The van der Waals surface area contributed by atoms with Crippen molar-refractivity contribution in [1.82, 2.24) is 0 Å². The number of rotatable bonds is 11. The molecule has 0 atom stereocenters. The van der Waals surface area contributed by atoms with Crippen LogP contribution < -0.4 is 9.47 Å². The Morgan fingerprint density at radius 2 is 1.27 bits per heavy atom. The summed E-state index contributed by atoms with van der Waals surface area (Å²) in [5.41, 5.74) is 6.40. The van der Waals surface area contributed by atoms with Gasteiger partial charge in [-0.1, -0.05) is 55.3 Å². The number of methoxy groups -OCH3 is 1. The zero-order valence-corrected chi connectivity index (χ0v) is 28.0. The van der Waals surface area contributed by atoms with E-state index in [0.29, 0.717) is 22.7 Å². The fraction of sp³-hybridized carbons (Fsp3) is 0.265. The van der Waals surface area contributed by atoms with Gasteiger partial charge in [0.1, 0.15) is 22.1 Å². The van der Waals surface area contributed by atoms with Crippen molar-refractivity contribution in [3.63, 3.8) is 0 Å². The minimum Gasteiger partial charge on any atom is -0.496 e. The van der Waals surface area contributed by atoms with E-state index in [4.69, 9.17) is 14.7 Å². The van der Waals surface area contributed by atoms with Crippen LogP contribution in [0.2, 0.25) is 0 Å². The molecule has 9 nitrogen and oxygen atoms in total. The average Bonchev–Trinajstić information content (AvgIpc) is 2.97. The molecule has 11 heteroatoms. The molecule has 0 aliphatic carbocycles. The van der Waals surface area contributed by atoms with E-state index < -0.39 is 20.8 Å². The molecule has 0 unspecified atom stereocenters. The third-order valence-corrected chi connectivity index (χ3v) is 9.49. The maximum Gasteiger partial charge on any atom is 0.298 e. The molecule has 0 spiro atoms. The van der Waals surface area contributed by atoms with Gasteiger partial charge in [0.15, 0.2) is 5.78 Å². The number of carbonyl (C=O) groups excluding carboxylic acids is 1. The topological polar surface area (TPSA) is 129 Å². The average molecular weight is 653 g/mol. The fourth-order valence-electron chi connectivity index (χ4n) is 5.37. The monoisotopic (exact) mass is 652 g/mol. The Morgan fingerprint density at radius 1 is 0.756 bits per heavy atom. The van der Waals surface area contributed by atoms with Gasteiger partial charge in [-0.25, -0.2) is 5.26 Å². The first-order chi connectivity index (χ1) is 21.1. The minimum atomic E-state index is -4.78. The van der Waals surface area contributed by atoms with Crippen molar-refractivity contribution in [2.24, 2.45) is 0 Å². The Bertz CT molecular complexity index is 1830. The van der Waals surface area contributed by atoms with Gasteiger partial charge in [-0.15, -0.1) is 4.33 Å². The second kappa shape index (κ2) is 13.3. The molecule has 2 N–H and O–H groups in total. The van der Waals surface area contributed by atoms with Crippen LogP contribution in [0.15, 0.2) is 70.5 Å². The van der Waals surface area contributed by atoms with Gasteiger partial charge in [0.25, 0.3) is 10.1 Å². The smallest absolute Gasteiger partial charge is 0.298 e. The molecule has 4 aromatic rings. The van der Waals surface area contributed by atoms with Gasteiger partial charge in [0, 0.05) is 21.4 Å². The largest absolute Gasteiger partial charge is 0.496 e. The molecular weight excluding hydrogens is 616 g/mol. The van der Waals surface area contributed by atoms with Gasteiger partial charge in [0.05, 0.1) is 19.2 Å². The highest BCUT2D eigenvalue weighted by atomic mass is 32.2. The van der Waals surface area contributed by atoms with E-state index in [-0.39, 0.29) is 22.3 Å². The molecule has 4 rings (SSSR count). The predicted molar refractivity (Wildman–Crippen MR) is 172 cm³/mol. The van der Waals surface area contributed by atoms with Gasteiger partial charge >= 0.3 is 0 Å². The van der Waals surface area contributed by atoms with Crippen LogP contribution >= 0.6 is 12.0 Å². The Labute approximate surface area is 267 Å². The van der Waals surface area contributed by atoms with E-state index in [9.17, 15) is 17.8 Å². The summed E-state index contributed by atoms with van der Waals surface area (Å²) in [5, 5.41) is 12.1. The third-order valence-electron chi connectivity index (χ3n) is 7.87. The number of ketones is 1. The number of carbonyl (C=O) groups is 1. The van der Waals surface area contributed by atoms with Crippen molar-refractivity contribution >= 4 is 27.9 Å². The summed E-state index contributed by atoms with van der Waals surface area (Å²) < 4.78 is 51.3. The molecule has 0 aliphatic heterocycles. The molecule has 0 amide bonds. The summed E-state index contributed by atoms with van der Waals surface area (Å²) in [4.78, 5) is 13.3. The SMILES string of the molecule is COc1c(C)cc(C(C)(C)c2cc(C)c(Oc3ccc(C(=O)c4ccc(C)c(SOOO)c4)cc3S(=O)(=O)O)c(C)c2)cc1C. The Hall–Kier alpha value is -3.71. The first-order valence-corrected chi connectivity index (χ1v) is 16.1. The third kappa shape index (κ3) is 7.25.